The second-order valence-electron chi connectivity index (χ2n) is 7.28. The molecule has 3 rings (SSSR count). The Labute approximate surface area is 160 Å². The number of amides is 1. The Hall–Kier alpha value is -2.95. The summed E-state index contributed by atoms with van der Waals surface area (Å²) in [4.78, 5) is 19.3. The zero-order chi connectivity index (χ0) is 19.6. The molecule has 0 unspecified atom stereocenters. The van der Waals surface area contributed by atoms with Gasteiger partial charge in [0.15, 0.2) is 0 Å². The van der Waals surface area contributed by atoms with Crippen molar-refractivity contribution in [3.8, 4) is 11.4 Å². The Morgan fingerprint density at radius 1 is 1.00 bits per heavy atom. The van der Waals surface area contributed by atoms with Crippen molar-refractivity contribution in [3.63, 3.8) is 0 Å². The molecule has 0 saturated heterocycles. The standard InChI is InChI=1S/C22H25N3O2/c1-14(2)25(22(26)19-11-16(4)10-17(5)12-19)13-20-23-21(24-27-20)18-8-6-15(3)7-9-18/h6-12,14H,13H2,1-5H3. The predicted octanol–water partition coefficient (Wildman–Crippen LogP) is 4.71. The molecule has 0 aliphatic rings. The molecule has 3 aromatic rings. The third-order valence-corrected chi connectivity index (χ3v) is 4.44. The number of hydrogen-bond donors (Lipinski definition) is 0. The molecule has 1 aromatic heterocycles. The second kappa shape index (κ2) is 7.74. The lowest BCUT2D eigenvalue weighted by Gasteiger charge is -2.25. The minimum Gasteiger partial charge on any atom is -0.337 e. The maximum Gasteiger partial charge on any atom is 0.254 e. The molecule has 0 radical (unpaired) electrons. The van der Waals surface area contributed by atoms with Gasteiger partial charge in [0.1, 0.15) is 6.54 Å². The van der Waals surface area contributed by atoms with Gasteiger partial charge in [-0.1, -0.05) is 52.2 Å². The van der Waals surface area contributed by atoms with Crippen LogP contribution in [0.5, 0.6) is 0 Å². The van der Waals surface area contributed by atoms with E-state index in [1.165, 1.54) is 5.56 Å². The van der Waals surface area contributed by atoms with Crippen molar-refractivity contribution in [1.82, 2.24) is 15.0 Å². The normalized spacial score (nSPS) is 11.0. The Morgan fingerprint density at radius 2 is 1.63 bits per heavy atom. The van der Waals surface area contributed by atoms with Crippen LogP contribution in [0.4, 0.5) is 0 Å². The van der Waals surface area contributed by atoms with E-state index in [4.69, 9.17) is 4.52 Å². The first-order valence-electron chi connectivity index (χ1n) is 9.12. The fraction of sp³-hybridized carbons (Fsp3) is 0.318. The smallest absolute Gasteiger partial charge is 0.254 e. The van der Waals surface area contributed by atoms with Gasteiger partial charge in [-0.2, -0.15) is 4.98 Å². The topological polar surface area (TPSA) is 59.2 Å². The minimum absolute atomic E-state index is 0.00745. The summed E-state index contributed by atoms with van der Waals surface area (Å²) in [5, 5.41) is 4.06. The molecule has 27 heavy (non-hydrogen) atoms. The fourth-order valence-corrected chi connectivity index (χ4v) is 3.04. The average Bonchev–Trinajstić information content (AvgIpc) is 3.07. The van der Waals surface area contributed by atoms with Crippen LogP contribution in [-0.2, 0) is 6.54 Å². The molecule has 0 atom stereocenters. The summed E-state index contributed by atoms with van der Waals surface area (Å²) in [6.45, 7) is 10.3. The van der Waals surface area contributed by atoms with E-state index in [0.29, 0.717) is 17.3 Å². The van der Waals surface area contributed by atoms with E-state index in [-0.39, 0.29) is 18.5 Å². The Morgan fingerprint density at radius 3 is 2.22 bits per heavy atom. The summed E-state index contributed by atoms with van der Waals surface area (Å²) in [7, 11) is 0. The summed E-state index contributed by atoms with van der Waals surface area (Å²) in [6.07, 6.45) is 0. The van der Waals surface area contributed by atoms with Crippen LogP contribution in [0.1, 0.15) is 46.8 Å². The van der Waals surface area contributed by atoms with Gasteiger partial charge in [-0.25, -0.2) is 0 Å². The molecule has 0 saturated carbocycles. The third kappa shape index (κ3) is 4.42. The molecule has 1 amide bonds. The third-order valence-electron chi connectivity index (χ3n) is 4.44. The van der Waals surface area contributed by atoms with Crippen LogP contribution in [0.15, 0.2) is 47.0 Å². The zero-order valence-corrected chi connectivity index (χ0v) is 16.5. The highest BCUT2D eigenvalue weighted by molar-refractivity contribution is 5.94. The molecule has 1 heterocycles. The lowest BCUT2D eigenvalue weighted by molar-refractivity contribution is 0.0667. The molecule has 0 spiro atoms. The fourth-order valence-electron chi connectivity index (χ4n) is 3.04. The summed E-state index contributed by atoms with van der Waals surface area (Å²) in [5.41, 5.74) is 4.89. The summed E-state index contributed by atoms with van der Waals surface area (Å²) in [5.74, 6) is 0.927. The molecule has 5 heteroatoms. The van der Waals surface area contributed by atoms with Crippen molar-refractivity contribution in [2.45, 2.75) is 47.2 Å². The van der Waals surface area contributed by atoms with Crippen LogP contribution < -0.4 is 0 Å². The highest BCUT2D eigenvalue weighted by atomic mass is 16.5. The number of carbonyl (C=O) groups is 1. The molecular weight excluding hydrogens is 338 g/mol. The number of rotatable bonds is 5. The van der Waals surface area contributed by atoms with Gasteiger partial charge in [-0.15, -0.1) is 0 Å². The van der Waals surface area contributed by atoms with Gasteiger partial charge >= 0.3 is 0 Å². The predicted molar refractivity (Wildman–Crippen MR) is 105 cm³/mol. The van der Waals surface area contributed by atoms with E-state index in [2.05, 4.69) is 16.2 Å². The highest BCUT2D eigenvalue weighted by Gasteiger charge is 2.22. The number of aryl methyl sites for hydroxylation is 3. The second-order valence-corrected chi connectivity index (χ2v) is 7.28. The maximum absolute atomic E-state index is 13.0. The number of aromatic nitrogens is 2. The van der Waals surface area contributed by atoms with Gasteiger partial charge in [-0.3, -0.25) is 4.79 Å². The van der Waals surface area contributed by atoms with Crippen LogP contribution >= 0.6 is 0 Å². The molecule has 0 aliphatic carbocycles. The van der Waals surface area contributed by atoms with Gasteiger partial charge < -0.3 is 9.42 Å². The van der Waals surface area contributed by atoms with E-state index < -0.39 is 0 Å². The van der Waals surface area contributed by atoms with Gasteiger partial charge in [0.25, 0.3) is 5.91 Å². The van der Waals surface area contributed by atoms with Crippen LogP contribution in [-0.4, -0.2) is 27.0 Å². The van der Waals surface area contributed by atoms with Crippen molar-refractivity contribution >= 4 is 5.91 Å². The molecule has 0 N–H and O–H groups in total. The summed E-state index contributed by atoms with van der Waals surface area (Å²) < 4.78 is 5.41. The molecule has 0 fully saturated rings. The summed E-state index contributed by atoms with van der Waals surface area (Å²) >= 11 is 0. The molecule has 0 bridgehead atoms. The molecule has 0 aliphatic heterocycles. The number of nitrogens with zero attached hydrogens (tertiary/aromatic N) is 3. The van der Waals surface area contributed by atoms with Crippen LogP contribution in [0.3, 0.4) is 0 Å². The van der Waals surface area contributed by atoms with Crippen molar-refractivity contribution in [3.05, 3.63) is 70.6 Å². The number of carbonyl (C=O) groups excluding carboxylic acids is 1. The van der Waals surface area contributed by atoms with Gasteiger partial charge in [0.05, 0.1) is 0 Å². The first-order valence-corrected chi connectivity index (χ1v) is 9.12. The van der Waals surface area contributed by atoms with Crippen molar-refractivity contribution in [1.29, 1.82) is 0 Å². The summed E-state index contributed by atoms with van der Waals surface area (Å²) in [6, 6.07) is 13.8. The monoisotopic (exact) mass is 363 g/mol. The number of benzene rings is 2. The largest absolute Gasteiger partial charge is 0.337 e. The first kappa shape index (κ1) is 18.8. The van der Waals surface area contributed by atoms with E-state index in [1.807, 2.05) is 71.0 Å². The van der Waals surface area contributed by atoms with Crippen molar-refractivity contribution < 1.29 is 9.32 Å². The lowest BCUT2D eigenvalue weighted by atomic mass is 10.1. The van der Waals surface area contributed by atoms with E-state index in [1.54, 1.807) is 4.90 Å². The highest BCUT2D eigenvalue weighted by Crippen LogP contribution is 2.19. The first-order chi connectivity index (χ1) is 12.8. The van der Waals surface area contributed by atoms with Crippen LogP contribution in [0.25, 0.3) is 11.4 Å². The van der Waals surface area contributed by atoms with Crippen LogP contribution in [0.2, 0.25) is 0 Å². The molecular formula is C22H25N3O2. The van der Waals surface area contributed by atoms with Crippen LogP contribution in [0, 0.1) is 20.8 Å². The quantitative estimate of drug-likeness (QED) is 0.658. The van der Waals surface area contributed by atoms with Gasteiger partial charge in [0.2, 0.25) is 11.7 Å². The number of hydrogen-bond acceptors (Lipinski definition) is 4. The van der Waals surface area contributed by atoms with Crippen molar-refractivity contribution in [2.75, 3.05) is 0 Å². The zero-order valence-electron chi connectivity index (χ0n) is 16.5. The Balaban J connectivity index is 1.82. The van der Waals surface area contributed by atoms with E-state index in [9.17, 15) is 4.79 Å². The molecule has 5 nitrogen and oxygen atoms in total. The Kier molecular flexibility index (Phi) is 5.40. The molecule has 140 valence electrons. The van der Waals surface area contributed by atoms with Gasteiger partial charge in [0, 0.05) is 17.2 Å². The molecule has 2 aromatic carbocycles. The van der Waals surface area contributed by atoms with Crippen molar-refractivity contribution in [2.24, 2.45) is 0 Å². The van der Waals surface area contributed by atoms with Gasteiger partial charge in [-0.05, 0) is 46.8 Å². The van der Waals surface area contributed by atoms with E-state index in [0.717, 1.165) is 16.7 Å². The lowest BCUT2D eigenvalue weighted by Crippen LogP contribution is -2.36. The van der Waals surface area contributed by atoms with E-state index >= 15 is 0 Å². The average molecular weight is 363 g/mol. The SMILES string of the molecule is Cc1ccc(-c2noc(CN(C(=O)c3cc(C)cc(C)c3)C(C)C)n2)cc1. The maximum atomic E-state index is 13.0. The Bertz CT molecular complexity index is 922. The minimum atomic E-state index is -0.0353.